The van der Waals surface area contributed by atoms with Crippen molar-refractivity contribution in [3.63, 3.8) is 0 Å². The lowest BCUT2D eigenvalue weighted by Gasteiger charge is -2.20. The summed E-state index contributed by atoms with van der Waals surface area (Å²) < 4.78 is 0.695. The fraction of sp³-hybridized carbons (Fsp3) is 0.429. The fourth-order valence-corrected chi connectivity index (χ4v) is 2.17. The summed E-state index contributed by atoms with van der Waals surface area (Å²) in [5.74, 6) is -1.50. The van der Waals surface area contributed by atoms with Crippen LogP contribution in [0, 0.1) is 12.8 Å². The maximum atomic E-state index is 12.1. The van der Waals surface area contributed by atoms with Crippen molar-refractivity contribution in [1.82, 2.24) is 5.32 Å². The minimum absolute atomic E-state index is 0.120. The molecule has 1 amide bonds. The molecule has 0 aliphatic heterocycles. The van der Waals surface area contributed by atoms with Gasteiger partial charge in [0.2, 0.25) is 0 Å². The molecule has 104 valence electrons. The number of hydrogen-bond donors (Lipinski definition) is 2. The summed E-state index contributed by atoms with van der Waals surface area (Å²) in [6.07, 6.45) is 0.687. The molecule has 0 radical (unpaired) electrons. The minimum atomic E-state index is -1.01. The molecule has 1 aromatic rings. The summed E-state index contributed by atoms with van der Waals surface area (Å²) >= 11 is 3.35. The first-order chi connectivity index (χ1) is 8.88. The van der Waals surface area contributed by atoms with Gasteiger partial charge >= 0.3 is 5.97 Å². The van der Waals surface area contributed by atoms with Crippen molar-refractivity contribution < 1.29 is 14.7 Å². The molecular formula is C14H18BrNO3. The van der Waals surface area contributed by atoms with Gasteiger partial charge < -0.3 is 10.4 Å². The summed E-state index contributed by atoms with van der Waals surface area (Å²) in [6, 6.07) is 4.45. The van der Waals surface area contributed by atoms with E-state index in [2.05, 4.69) is 21.2 Å². The molecule has 0 saturated carbocycles. The van der Waals surface area contributed by atoms with Crippen molar-refractivity contribution in [1.29, 1.82) is 0 Å². The molecule has 0 heterocycles. The molecule has 0 fully saturated rings. The number of nitrogens with one attached hydrogen (secondary N) is 1. The third kappa shape index (κ3) is 3.80. The van der Waals surface area contributed by atoms with Gasteiger partial charge in [-0.05, 0) is 40.4 Å². The number of carbonyl (C=O) groups excluding carboxylic acids is 1. The molecule has 0 bridgehead atoms. The van der Waals surface area contributed by atoms with Gasteiger partial charge in [-0.15, -0.1) is 0 Å². The van der Waals surface area contributed by atoms with Crippen molar-refractivity contribution >= 4 is 27.8 Å². The van der Waals surface area contributed by atoms with E-state index in [0.29, 0.717) is 16.5 Å². The van der Waals surface area contributed by atoms with Gasteiger partial charge in [0.1, 0.15) is 6.04 Å². The van der Waals surface area contributed by atoms with E-state index in [0.717, 1.165) is 5.56 Å². The minimum Gasteiger partial charge on any atom is -0.480 e. The molecule has 4 nitrogen and oxygen atoms in total. The number of aliphatic carboxylic acids is 1. The molecule has 1 aromatic carbocycles. The first-order valence-electron chi connectivity index (χ1n) is 6.17. The molecule has 19 heavy (non-hydrogen) atoms. The smallest absolute Gasteiger partial charge is 0.326 e. The summed E-state index contributed by atoms with van der Waals surface area (Å²) in [7, 11) is 0. The van der Waals surface area contributed by atoms with E-state index < -0.39 is 12.0 Å². The van der Waals surface area contributed by atoms with Crippen LogP contribution in [-0.4, -0.2) is 23.0 Å². The van der Waals surface area contributed by atoms with E-state index in [1.54, 1.807) is 12.1 Å². The zero-order chi connectivity index (χ0) is 14.6. The number of halogens is 1. The van der Waals surface area contributed by atoms with Gasteiger partial charge in [-0.2, -0.15) is 0 Å². The second-order valence-electron chi connectivity index (χ2n) is 4.61. The summed E-state index contributed by atoms with van der Waals surface area (Å²) in [6.45, 7) is 5.59. The van der Waals surface area contributed by atoms with Gasteiger partial charge in [0.25, 0.3) is 5.91 Å². The van der Waals surface area contributed by atoms with Gasteiger partial charge in [0.15, 0.2) is 0 Å². The van der Waals surface area contributed by atoms with Gasteiger partial charge in [-0.1, -0.05) is 32.4 Å². The SMILES string of the molecule is CCC(C)[C@H](NC(=O)c1cccc(C)c1Br)C(=O)O. The van der Waals surface area contributed by atoms with E-state index in [1.807, 2.05) is 26.8 Å². The second-order valence-corrected chi connectivity index (χ2v) is 5.40. The Kier molecular flexibility index (Phi) is 5.54. The number of carbonyl (C=O) groups is 2. The lowest BCUT2D eigenvalue weighted by atomic mass is 9.99. The molecule has 0 aliphatic carbocycles. The Morgan fingerprint density at radius 1 is 1.42 bits per heavy atom. The van der Waals surface area contributed by atoms with E-state index in [9.17, 15) is 9.59 Å². The standard InChI is InChI=1S/C14H18BrNO3/c1-4-8(2)12(14(18)19)16-13(17)10-7-5-6-9(3)11(10)15/h5-8,12H,4H2,1-3H3,(H,16,17)(H,18,19)/t8?,12-/m0/s1. The maximum absolute atomic E-state index is 12.1. The zero-order valence-electron chi connectivity index (χ0n) is 11.2. The van der Waals surface area contributed by atoms with Gasteiger partial charge in [0, 0.05) is 4.47 Å². The lowest BCUT2D eigenvalue weighted by Crippen LogP contribution is -2.45. The van der Waals surface area contributed by atoms with E-state index >= 15 is 0 Å². The average molecular weight is 328 g/mol. The molecule has 1 rings (SSSR count). The number of benzene rings is 1. The predicted molar refractivity (Wildman–Crippen MR) is 77.2 cm³/mol. The number of hydrogen-bond acceptors (Lipinski definition) is 2. The van der Waals surface area contributed by atoms with Gasteiger partial charge in [-0.25, -0.2) is 4.79 Å². The Morgan fingerprint density at radius 3 is 2.58 bits per heavy atom. The summed E-state index contributed by atoms with van der Waals surface area (Å²) in [5, 5.41) is 11.8. The van der Waals surface area contributed by atoms with E-state index in [1.165, 1.54) is 0 Å². The van der Waals surface area contributed by atoms with Crippen LogP contribution in [-0.2, 0) is 4.79 Å². The maximum Gasteiger partial charge on any atom is 0.326 e. The largest absolute Gasteiger partial charge is 0.480 e. The molecule has 0 saturated heterocycles. The molecule has 0 aromatic heterocycles. The van der Waals surface area contributed by atoms with Crippen LogP contribution >= 0.6 is 15.9 Å². The van der Waals surface area contributed by atoms with E-state index in [4.69, 9.17) is 5.11 Å². The topological polar surface area (TPSA) is 66.4 Å². The van der Waals surface area contributed by atoms with Crippen molar-refractivity contribution in [2.24, 2.45) is 5.92 Å². The number of amides is 1. The van der Waals surface area contributed by atoms with Crippen LogP contribution < -0.4 is 5.32 Å². The van der Waals surface area contributed by atoms with Crippen LogP contribution in [0.2, 0.25) is 0 Å². The molecule has 1 unspecified atom stereocenters. The third-order valence-corrected chi connectivity index (χ3v) is 4.25. The van der Waals surface area contributed by atoms with Crippen molar-refractivity contribution in [3.05, 3.63) is 33.8 Å². The predicted octanol–water partition coefficient (Wildman–Crippen LogP) is 2.99. The average Bonchev–Trinajstić information content (AvgIpc) is 2.37. The van der Waals surface area contributed by atoms with Crippen LogP contribution in [0.4, 0.5) is 0 Å². The van der Waals surface area contributed by atoms with Crippen LogP contribution in [0.25, 0.3) is 0 Å². The number of carboxylic acid groups (broad SMARTS) is 1. The van der Waals surface area contributed by atoms with Crippen LogP contribution in [0.15, 0.2) is 22.7 Å². The Morgan fingerprint density at radius 2 is 2.05 bits per heavy atom. The quantitative estimate of drug-likeness (QED) is 0.873. The van der Waals surface area contributed by atoms with Crippen LogP contribution in [0.5, 0.6) is 0 Å². The first kappa shape index (κ1) is 15.7. The highest BCUT2D eigenvalue weighted by atomic mass is 79.9. The first-order valence-corrected chi connectivity index (χ1v) is 6.96. The van der Waals surface area contributed by atoms with Crippen LogP contribution in [0.1, 0.15) is 36.2 Å². The highest BCUT2D eigenvalue weighted by Crippen LogP contribution is 2.21. The molecule has 2 N–H and O–H groups in total. The molecular weight excluding hydrogens is 310 g/mol. The highest BCUT2D eigenvalue weighted by molar-refractivity contribution is 9.10. The molecule has 0 aliphatic rings. The van der Waals surface area contributed by atoms with E-state index in [-0.39, 0.29) is 11.8 Å². The molecule has 0 spiro atoms. The Hall–Kier alpha value is -1.36. The monoisotopic (exact) mass is 327 g/mol. The van der Waals surface area contributed by atoms with Crippen molar-refractivity contribution in [2.75, 3.05) is 0 Å². The van der Waals surface area contributed by atoms with Crippen LogP contribution in [0.3, 0.4) is 0 Å². The molecule has 2 atom stereocenters. The van der Waals surface area contributed by atoms with Crippen molar-refractivity contribution in [3.8, 4) is 0 Å². The zero-order valence-corrected chi connectivity index (χ0v) is 12.8. The Bertz CT molecular complexity index is 488. The summed E-state index contributed by atoms with van der Waals surface area (Å²) in [4.78, 5) is 23.3. The number of rotatable bonds is 5. The summed E-state index contributed by atoms with van der Waals surface area (Å²) in [5.41, 5.74) is 1.39. The number of carboxylic acids is 1. The molecule has 5 heteroatoms. The second kappa shape index (κ2) is 6.70. The Labute approximate surface area is 121 Å². The normalized spacial score (nSPS) is 13.7. The fourth-order valence-electron chi connectivity index (χ4n) is 1.72. The van der Waals surface area contributed by atoms with Gasteiger partial charge in [0.05, 0.1) is 5.56 Å². The lowest BCUT2D eigenvalue weighted by molar-refractivity contribution is -0.140. The third-order valence-electron chi connectivity index (χ3n) is 3.20. The van der Waals surface area contributed by atoms with Crippen molar-refractivity contribution in [2.45, 2.75) is 33.2 Å². The number of aryl methyl sites for hydroxylation is 1. The van der Waals surface area contributed by atoms with Gasteiger partial charge in [-0.3, -0.25) is 4.79 Å². The Balaban J connectivity index is 2.94. The highest BCUT2D eigenvalue weighted by Gasteiger charge is 2.26.